The minimum atomic E-state index is 0.143. The van der Waals surface area contributed by atoms with Crippen LogP contribution < -0.4 is 10.1 Å². The van der Waals surface area contributed by atoms with E-state index in [-0.39, 0.29) is 5.54 Å². The van der Waals surface area contributed by atoms with Gasteiger partial charge in [0.25, 0.3) is 0 Å². The van der Waals surface area contributed by atoms with Crippen LogP contribution in [0, 0.1) is 12.8 Å². The van der Waals surface area contributed by atoms with Gasteiger partial charge in [0.1, 0.15) is 5.75 Å². The molecule has 0 saturated carbocycles. The maximum atomic E-state index is 5.54. The normalized spacial score (nSPS) is 13.7. The highest BCUT2D eigenvalue weighted by Gasteiger charge is 2.22. The first-order valence-corrected chi connectivity index (χ1v) is 7.14. The molecule has 0 fully saturated rings. The van der Waals surface area contributed by atoms with Gasteiger partial charge in [-0.25, -0.2) is 0 Å². The van der Waals surface area contributed by atoms with Gasteiger partial charge in [0.15, 0.2) is 0 Å². The average Bonchev–Trinajstić information content (AvgIpc) is 2.27. The highest BCUT2D eigenvalue weighted by molar-refractivity contribution is 5.40. The van der Waals surface area contributed by atoms with Crippen molar-refractivity contribution in [1.29, 1.82) is 0 Å². The summed E-state index contributed by atoms with van der Waals surface area (Å²) in [6, 6.07) is 6.45. The fourth-order valence-corrected chi connectivity index (χ4v) is 2.26. The third kappa shape index (κ3) is 4.87. The molecule has 1 aromatic rings. The van der Waals surface area contributed by atoms with Crippen molar-refractivity contribution < 1.29 is 4.74 Å². The summed E-state index contributed by atoms with van der Waals surface area (Å²) in [6.07, 6.45) is 0. The molecule has 1 N–H and O–H groups in total. The van der Waals surface area contributed by atoms with Gasteiger partial charge >= 0.3 is 0 Å². The van der Waals surface area contributed by atoms with Crippen molar-refractivity contribution in [2.24, 2.45) is 5.92 Å². The van der Waals surface area contributed by atoms with Crippen molar-refractivity contribution in [1.82, 2.24) is 5.32 Å². The van der Waals surface area contributed by atoms with Gasteiger partial charge in [0, 0.05) is 18.0 Å². The number of ether oxygens (including phenoxy) is 1. The van der Waals surface area contributed by atoms with Crippen LogP contribution in [-0.4, -0.2) is 19.2 Å². The van der Waals surface area contributed by atoms with Crippen LogP contribution in [0.25, 0.3) is 0 Å². The second-order valence-corrected chi connectivity index (χ2v) is 6.73. The molecule has 1 atom stereocenters. The van der Waals surface area contributed by atoms with Gasteiger partial charge in [0.05, 0.1) is 7.11 Å². The third-order valence-electron chi connectivity index (χ3n) is 3.44. The predicted molar refractivity (Wildman–Crippen MR) is 83.1 cm³/mol. The van der Waals surface area contributed by atoms with E-state index in [2.05, 4.69) is 65.1 Å². The summed E-state index contributed by atoms with van der Waals surface area (Å²) in [5, 5.41) is 3.62. The molecule has 0 amide bonds. The van der Waals surface area contributed by atoms with Crippen LogP contribution in [0.2, 0.25) is 0 Å². The molecular weight excluding hydrogens is 234 g/mol. The summed E-state index contributed by atoms with van der Waals surface area (Å²) >= 11 is 0. The van der Waals surface area contributed by atoms with Crippen molar-refractivity contribution in [2.45, 2.75) is 53.0 Å². The Kier molecular flexibility index (Phi) is 5.42. The molecule has 1 unspecified atom stereocenters. The number of hydrogen-bond acceptors (Lipinski definition) is 2. The summed E-state index contributed by atoms with van der Waals surface area (Å²) in [6.45, 7) is 14.3. The van der Waals surface area contributed by atoms with Gasteiger partial charge in [-0.15, -0.1) is 0 Å². The van der Waals surface area contributed by atoms with Gasteiger partial charge in [-0.1, -0.05) is 31.5 Å². The van der Waals surface area contributed by atoms with Gasteiger partial charge in [0.2, 0.25) is 0 Å². The molecule has 0 radical (unpaired) electrons. The van der Waals surface area contributed by atoms with Crippen LogP contribution in [0.3, 0.4) is 0 Å². The Hall–Kier alpha value is -1.02. The number of hydrogen-bond donors (Lipinski definition) is 1. The van der Waals surface area contributed by atoms with E-state index in [0.717, 1.165) is 12.3 Å². The first-order valence-electron chi connectivity index (χ1n) is 7.14. The van der Waals surface area contributed by atoms with E-state index in [1.807, 2.05) is 0 Å². The number of methoxy groups -OCH3 is 1. The Bertz CT molecular complexity index is 404. The van der Waals surface area contributed by atoms with Gasteiger partial charge in [-0.2, -0.15) is 0 Å². The number of aryl methyl sites for hydroxylation is 1. The Morgan fingerprint density at radius 1 is 1.21 bits per heavy atom. The largest absolute Gasteiger partial charge is 0.496 e. The second-order valence-electron chi connectivity index (χ2n) is 6.73. The van der Waals surface area contributed by atoms with E-state index < -0.39 is 0 Å². The van der Waals surface area contributed by atoms with E-state index in [4.69, 9.17) is 4.74 Å². The zero-order chi connectivity index (χ0) is 14.6. The lowest BCUT2D eigenvalue weighted by Crippen LogP contribution is -2.39. The second kappa shape index (κ2) is 6.42. The van der Waals surface area contributed by atoms with Crippen LogP contribution >= 0.6 is 0 Å². The van der Waals surface area contributed by atoms with Gasteiger partial charge < -0.3 is 10.1 Å². The van der Waals surface area contributed by atoms with Crippen LogP contribution in [0.4, 0.5) is 0 Å². The predicted octanol–water partition coefficient (Wildman–Crippen LogP) is 4.13. The van der Waals surface area contributed by atoms with Crippen molar-refractivity contribution in [3.8, 4) is 5.75 Å². The molecule has 0 spiro atoms. The SMILES string of the molecule is COc1ccc(C)cc1C(CNC(C)(C)C)C(C)C. The molecule has 19 heavy (non-hydrogen) atoms. The van der Waals surface area contributed by atoms with E-state index in [1.54, 1.807) is 7.11 Å². The van der Waals surface area contributed by atoms with Crippen molar-refractivity contribution in [3.63, 3.8) is 0 Å². The zero-order valence-electron chi connectivity index (χ0n) is 13.5. The van der Waals surface area contributed by atoms with Crippen LogP contribution in [0.1, 0.15) is 51.7 Å². The molecular formula is C17H29NO. The third-order valence-corrected chi connectivity index (χ3v) is 3.44. The van der Waals surface area contributed by atoms with Gasteiger partial charge in [-0.05, 0) is 45.2 Å². The van der Waals surface area contributed by atoms with Crippen molar-refractivity contribution in [3.05, 3.63) is 29.3 Å². The lowest BCUT2D eigenvalue weighted by Gasteiger charge is -2.29. The van der Waals surface area contributed by atoms with Crippen LogP contribution in [-0.2, 0) is 0 Å². The maximum Gasteiger partial charge on any atom is 0.122 e. The Labute approximate surface area is 118 Å². The minimum absolute atomic E-state index is 0.143. The van der Waals surface area contributed by atoms with E-state index in [9.17, 15) is 0 Å². The van der Waals surface area contributed by atoms with Crippen LogP contribution in [0.5, 0.6) is 5.75 Å². The molecule has 0 aliphatic carbocycles. The number of rotatable bonds is 5. The van der Waals surface area contributed by atoms with E-state index in [1.165, 1.54) is 11.1 Å². The Morgan fingerprint density at radius 3 is 2.32 bits per heavy atom. The topological polar surface area (TPSA) is 21.3 Å². The van der Waals surface area contributed by atoms with Gasteiger partial charge in [-0.3, -0.25) is 0 Å². The standard InChI is InChI=1S/C17H29NO/c1-12(2)15(11-18-17(4,5)6)14-10-13(3)8-9-16(14)19-7/h8-10,12,15,18H,11H2,1-7H3. The monoisotopic (exact) mass is 263 g/mol. The van der Waals surface area contributed by atoms with E-state index >= 15 is 0 Å². The lowest BCUT2D eigenvalue weighted by atomic mass is 9.86. The fourth-order valence-electron chi connectivity index (χ4n) is 2.26. The molecule has 0 saturated heterocycles. The highest BCUT2D eigenvalue weighted by Crippen LogP contribution is 2.32. The summed E-state index contributed by atoms with van der Waals surface area (Å²) in [4.78, 5) is 0. The molecule has 2 heteroatoms. The lowest BCUT2D eigenvalue weighted by molar-refractivity contribution is 0.356. The molecule has 0 aliphatic rings. The Morgan fingerprint density at radius 2 is 1.84 bits per heavy atom. The summed E-state index contributed by atoms with van der Waals surface area (Å²) in [7, 11) is 1.75. The molecule has 0 aromatic heterocycles. The smallest absolute Gasteiger partial charge is 0.122 e. The highest BCUT2D eigenvalue weighted by atomic mass is 16.5. The summed E-state index contributed by atoms with van der Waals surface area (Å²) < 4.78 is 5.54. The average molecular weight is 263 g/mol. The Balaban J connectivity index is 3.02. The molecule has 0 heterocycles. The zero-order valence-corrected chi connectivity index (χ0v) is 13.5. The van der Waals surface area contributed by atoms with Crippen molar-refractivity contribution >= 4 is 0 Å². The molecule has 1 rings (SSSR count). The van der Waals surface area contributed by atoms with Crippen LogP contribution in [0.15, 0.2) is 18.2 Å². The summed E-state index contributed by atoms with van der Waals surface area (Å²) in [5.41, 5.74) is 2.75. The molecule has 0 aliphatic heterocycles. The molecule has 108 valence electrons. The minimum Gasteiger partial charge on any atom is -0.496 e. The summed E-state index contributed by atoms with van der Waals surface area (Å²) in [5.74, 6) is 2.04. The number of benzene rings is 1. The fraction of sp³-hybridized carbons (Fsp3) is 0.647. The molecule has 1 aromatic carbocycles. The molecule has 2 nitrogen and oxygen atoms in total. The first-order chi connectivity index (χ1) is 8.74. The molecule has 0 bridgehead atoms. The van der Waals surface area contributed by atoms with E-state index in [0.29, 0.717) is 11.8 Å². The quantitative estimate of drug-likeness (QED) is 0.862. The first kappa shape index (κ1) is 16.0. The number of nitrogens with one attached hydrogen (secondary N) is 1. The maximum absolute atomic E-state index is 5.54. The van der Waals surface area contributed by atoms with Crippen molar-refractivity contribution in [2.75, 3.05) is 13.7 Å².